The van der Waals surface area contributed by atoms with E-state index in [0.717, 1.165) is 0 Å². The van der Waals surface area contributed by atoms with Crippen molar-refractivity contribution in [3.05, 3.63) is 0 Å². The minimum absolute atomic E-state index is 0. The number of hydrogen-bond acceptors (Lipinski definition) is 1. The summed E-state index contributed by atoms with van der Waals surface area (Å²) in [6.07, 6.45) is 0. The third-order valence-electron chi connectivity index (χ3n) is 0.403. The molecule has 0 aliphatic carbocycles. The molecule has 0 heterocycles. The van der Waals surface area contributed by atoms with Gasteiger partial charge in [-0.05, 0) is 0 Å². The van der Waals surface area contributed by atoms with Gasteiger partial charge >= 0.3 is 5.97 Å². The summed E-state index contributed by atoms with van der Waals surface area (Å²) < 4.78 is 0. The number of aliphatic carboxylic acids is 1. The van der Waals surface area contributed by atoms with Gasteiger partial charge in [0.2, 0.25) is 0 Å². The van der Waals surface area contributed by atoms with Crippen molar-refractivity contribution in [1.82, 2.24) is 0 Å². The minimum atomic E-state index is -0.836. The first-order chi connectivity index (χ1) is 3.18. The van der Waals surface area contributed by atoms with Gasteiger partial charge in [-0.15, -0.1) is 0 Å². The van der Waals surface area contributed by atoms with Crippen LogP contribution in [0.3, 0.4) is 0 Å². The fourth-order valence-corrected chi connectivity index (χ4v) is 0.343. The molecule has 0 aliphatic rings. The van der Waals surface area contributed by atoms with Gasteiger partial charge < -0.3 is 5.11 Å². The SMILES string of the molecule is O=C(O)C(Br)CBr.[In]. The number of halogens is 2. The Hall–Kier alpha value is 1.30. The quantitative estimate of drug-likeness (QED) is 0.753. The number of carbonyl (C=O) groups is 1. The molecule has 3 radical (unpaired) electrons. The summed E-state index contributed by atoms with van der Waals surface area (Å²) in [7, 11) is 0. The summed E-state index contributed by atoms with van der Waals surface area (Å²) >= 11 is 5.88. The van der Waals surface area contributed by atoms with E-state index < -0.39 is 10.8 Å². The maximum Gasteiger partial charge on any atom is 0.318 e. The van der Waals surface area contributed by atoms with Crippen molar-refractivity contribution < 1.29 is 9.90 Å². The first-order valence-corrected chi connectivity index (χ1v) is 3.65. The molecule has 1 unspecified atom stereocenters. The Morgan fingerprint density at radius 1 is 1.75 bits per heavy atom. The van der Waals surface area contributed by atoms with Gasteiger partial charge in [0, 0.05) is 31.2 Å². The molecular weight excluding hydrogens is 343 g/mol. The Morgan fingerprint density at radius 2 is 2.12 bits per heavy atom. The molecule has 0 aliphatic heterocycles. The Bertz CT molecular complexity index is 77.7. The van der Waals surface area contributed by atoms with Crippen LogP contribution < -0.4 is 0 Å². The number of alkyl halides is 2. The van der Waals surface area contributed by atoms with E-state index in [1.54, 1.807) is 0 Å². The molecule has 0 amide bonds. The molecule has 0 aromatic heterocycles. The number of hydrogen-bond donors (Lipinski definition) is 1. The topological polar surface area (TPSA) is 37.3 Å². The number of carboxylic acid groups (broad SMARTS) is 1. The Labute approximate surface area is 83.1 Å². The predicted octanol–water partition coefficient (Wildman–Crippen LogP) is 0.849. The van der Waals surface area contributed by atoms with Gasteiger partial charge in [-0.25, -0.2) is 0 Å². The van der Waals surface area contributed by atoms with Crippen LogP contribution in [0.15, 0.2) is 0 Å². The van der Waals surface area contributed by atoms with E-state index in [2.05, 4.69) is 31.9 Å². The summed E-state index contributed by atoms with van der Waals surface area (Å²) in [5.74, 6) is -0.836. The first-order valence-electron chi connectivity index (χ1n) is 1.61. The van der Waals surface area contributed by atoms with E-state index in [9.17, 15) is 4.79 Å². The van der Waals surface area contributed by atoms with Crippen LogP contribution >= 0.6 is 31.9 Å². The second kappa shape index (κ2) is 6.42. The van der Waals surface area contributed by atoms with Crippen LogP contribution in [0.2, 0.25) is 0 Å². The smallest absolute Gasteiger partial charge is 0.318 e. The predicted molar refractivity (Wildman–Crippen MR) is 39.9 cm³/mol. The van der Waals surface area contributed by atoms with Gasteiger partial charge in [0.1, 0.15) is 4.83 Å². The van der Waals surface area contributed by atoms with Crippen LogP contribution in [0.4, 0.5) is 0 Å². The molecule has 8 heavy (non-hydrogen) atoms. The maximum absolute atomic E-state index is 9.85. The fourth-order valence-electron chi connectivity index (χ4n) is 0.0660. The second-order valence-electron chi connectivity index (χ2n) is 0.960. The maximum atomic E-state index is 9.85. The molecule has 0 aromatic rings. The monoisotopic (exact) mass is 345 g/mol. The van der Waals surface area contributed by atoms with Gasteiger partial charge in [0.25, 0.3) is 0 Å². The second-order valence-corrected chi connectivity index (χ2v) is 2.71. The van der Waals surface area contributed by atoms with Crippen LogP contribution in [0.1, 0.15) is 0 Å². The molecule has 5 heteroatoms. The normalized spacial score (nSPS) is 11.8. The zero-order valence-corrected chi connectivity index (χ0v) is 10.4. The van der Waals surface area contributed by atoms with Crippen LogP contribution in [0, 0.1) is 0 Å². The minimum Gasteiger partial charge on any atom is -0.480 e. The molecule has 0 bridgehead atoms. The summed E-state index contributed by atoms with van der Waals surface area (Å²) in [4.78, 5) is 9.40. The molecular formula is C3H4Br2InO2. The van der Waals surface area contributed by atoms with Crippen molar-refractivity contribution in [3.8, 4) is 0 Å². The number of carboxylic acids is 1. The summed E-state index contributed by atoms with van der Waals surface area (Å²) in [5.41, 5.74) is 0. The molecule has 0 fully saturated rings. The zero-order valence-electron chi connectivity index (χ0n) is 3.97. The van der Waals surface area contributed by atoms with Gasteiger partial charge in [0.15, 0.2) is 0 Å². The zero-order chi connectivity index (χ0) is 5.86. The standard InChI is InChI=1S/C3H4Br2O2.In/c4-1-2(5)3(6)7;/h2H,1H2,(H,6,7);. The van der Waals surface area contributed by atoms with E-state index in [-0.39, 0.29) is 25.8 Å². The average molecular weight is 347 g/mol. The van der Waals surface area contributed by atoms with Crippen molar-refractivity contribution in [2.24, 2.45) is 0 Å². The Balaban J connectivity index is 0. The molecule has 0 rings (SSSR count). The molecule has 2 nitrogen and oxygen atoms in total. The van der Waals surface area contributed by atoms with Crippen molar-refractivity contribution in [2.45, 2.75) is 4.83 Å². The molecule has 0 saturated heterocycles. The van der Waals surface area contributed by atoms with Crippen molar-refractivity contribution >= 4 is 63.7 Å². The van der Waals surface area contributed by atoms with Crippen molar-refractivity contribution in [1.29, 1.82) is 0 Å². The molecule has 1 N–H and O–H groups in total. The van der Waals surface area contributed by atoms with E-state index in [1.807, 2.05) is 0 Å². The van der Waals surface area contributed by atoms with E-state index in [0.29, 0.717) is 5.33 Å². The summed E-state index contributed by atoms with van der Waals surface area (Å²) in [5, 5.41) is 8.55. The molecule has 0 aromatic carbocycles. The summed E-state index contributed by atoms with van der Waals surface area (Å²) in [6.45, 7) is 0. The van der Waals surface area contributed by atoms with Crippen molar-refractivity contribution in [2.75, 3.05) is 5.33 Å². The van der Waals surface area contributed by atoms with Crippen LogP contribution in [0.25, 0.3) is 0 Å². The van der Waals surface area contributed by atoms with Crippen molar-refractivity contribution in [3.63, 3.8) is 0 Å². The summed E-state index contributed by atoms with van der Waals surface area (Å²) in [6, 6.07) is 0. The first kappa shape index (κ1) is 12.0. The van der Waals surface area contributed by atoms with Crippen LogP contribution in [0.5, 0.6) is 0 Å². The molecule has 0 spiro atoms. The van der Waals surface area contributed by atoms with Gasteiger partial charge in [-0.1, -0.05) is 31.9 Å². The molecule has 0 saturated carbocycles. The fraction of sp³-hybridized carbons (Fsp3) is 0.667. The Morgan fingerprint density at radius 3 is 2.12 bits per heavy atom. The van der Waals surface area contributed by atoms with E-state index >= 15 is 0 Å². The van der Waals surface area contributed by atoms with Crippen LogP contribution in [-0.4, -0.2) is 47.1 Å². The Kier molecular flexibility index (Phi) is 9.65. The van der Waals surface area contributed by atoms with Gasteiger partial charge in [-0.2, -0.15) is 0 Å². The third kappa shape index (κ3) is 5.44. The average Bonchev–Trinajstić information content (AvgIpc) is 1.65. The van der Waals surface area contributed by atoms with Crippen LogP contribution in [-0.2, 0) is 4.79 Å². The van der Waals surface area contributed by atoms with E-state index in [4.69, 9.17) is 5.11 Å². The van der Waals surface area contributed by atoms with Gasteiger partial charge in [0.05, 0.1) is 0 Å². The molecule has 1 atom stereocenters. The molecule has 45 valence electrons. The largest absolute Gasteiger partial charge is 0.480 e. The van der Waals surface area contributed by atoms with Gasteiger partial charge in [-0.3, -0.25) is 4.79 Å². The number of rotatable bonds is 2. The van der Waals surface area contributed by atoms with E-state index in [1.165, 1.54) is 0 Å². The third-order valence-corrected chi connectivity index (χ3v) is 2.64.